The molecule has 1 N–H and O–H groups in total. The molecule has 18 heavy (non-hydrogen) atoms. The zero-order valence-corrected chi connectivity index (χ0v) is 10.4. The fourth-order valence-electron chi connectivity index (χ4n) is 2.25. The highest BCUT2D eigenvalue weighted by molar-refractivity contribution is 5.85. The lowest BCUT2D eigenvalue weighted by atomic mass is 9.93. The third-order valence-corrected chi connectivity index (χ3v) is 3.02. The third-order valence-electron chi connectivity index (χ3n) is 3.02. The molecule has 1 aliphatic rings. The Bertz CT molecular complexity index is 400. The maximum Gasteiger partial charge on any atom is 0.419 e. The van der Waals surface area contributed by atoms with Crippen molar-refractivity contribution in [3.63, 3.8) is 0 Å². The Morgan fingerprint density at radius 1 is 1.17 bits per heavy atom. The molecule has 1 heterocycles. The summed E-state index contributed by atoms with van der Waals surface area (Å²) < 4.78 is 51.7. The van der Waals surface area contributed by atoms with Crippen LogP contribution in [0.5, 0.6) is 0 Å². The summed E-state index contributed by atoms with van der Waals surface area (Å²) in [6.45, 7) is 0.679. The molecule has 1 fully saturated rings. The molecule has 0 aromatic heterocycles. The van der Waals surface area contributed by atoms with Crippen LogP contribution in [-0.4, -0.2) is 6.54 Å². The summed E-state index contributed by atoms with van der Waals surface area (Å²) >= 11 is 0. The molecule has 102 valence electrons. The maximum atomic E-state index is 13.4. The Balaban J connectivity index is 0.00000162. The summed E-state index contributed by atoms with van der Waals surface area (Å²) in [5.74, 6) is -1.19. The van der Waals surface area contributed by atoms with Crippen molar-refractivity contribution in [2.45, 2.75) is 31.5 Å². The zero-order chi connectivity index (χ0) is 12.5. The van der Waals surface area contributed by atoms with Crippen LogP contribution < -0.4 is 5.32 Å². The van der Waals surface area contributed by atoms with E-state index in [0.717, 1.165) is 18.9 Å². The number of alkyl halides is 3. The molecule has 1 aromatic carbocycles. The zero-order valence-electron chi connectivity index (χ0n) is 9.56. The van der Waals surface area contributed by atoms with Crippen LogP contribution in [0.15, 0.2) is 18.2 Å². The number of benzene rings is 1. The Morgan fingerprint density at radius 2 is 1.89 bits per heavy atom. The summed E-state index contributed by atoms with van der Waals surface area (Å²) in [6, 6.07) is 3.15. The summed E-state index contributed by atoms with van der Waals surface area (Å²) in [7, 11) is 0. The van der Waals surface area contributed by atoms with Gasteiger partial charge in [0.05, 0.1) is 5.56 Å². The van der Waals surface area contributed by atoms with Gasteiger partial charge in [-0.25, -0.2) is 4.39 Å². The molecule has 0 saturated carbocycles. The minimum Gasteiger partial charge on any atom is -0.310 e. The molecular weight excluding hydrogens is 270 g/mol. The SMILES string of the molecule is Cl.Fc1cccc([C@@H]2CCCCN2)c1C(F)(F)F. The van der Waals surface area contributed by atoms with E-state index in [-0.39, 0.29) is 18.0 Å². The second-order valence-corrected chi connectivity index (χ2v) is 4.20. The van der Waals surface area contributed by atoms with Gasteiger partial charge in [-0.15, -0.1) is 12.4 Å². The van der Waals surface area contributed by atoms with Gasteiger partial charge in [-0.2, -0.15) is 13.2 Å². The molecule has 0 bridgehead atoms. The van der Waals surface area contributed by atoms with Crippen molar-refractivity contribution in [2.75, 3.05) is 6.54 Å². The number of halogens is 5. The lowest BCUT2D eigenvalue weighted by molar-refractivity contribution is -0.140. The summed E-state index contributed by atoms with van der Waals surface area (Å²) in [5, 5.41) is 3.01. The molecule has 0 amide bonds. The highest BCUT2D eigenvalue weighted by Gasteiger charge is 2.38. The number of hydrogen-bond donors (Lipinski definition) is 1. The van der Waals surface area contributed by atoms with Crippen molar-refractivity contribution < 1.29 is 17.6 Å². The van der Waals surface area contributed by atoms with E-state index in [1.54, 1.807) is 0 Å². The molecule has 1 aromatic rings. The third kappa shape index (κ3) is 3.14. The number of nitrogens with one attached hydrogen (secondary N) is 1. The van der Waals surface area contributed by atoms with E-state index in [1.807, 2.05) is 0 Å². The van der Waals surface area contributed by atoms with Crippen LogP contribution in [0.2, 0.25) is 0 Å². The number of piperidine rings is 1. The lowest BCUT2D eigenvalue weighted by Crippen LogP contribution is -2.29. The second kappa shape index (κ2) is 5.89. The molecule has 1 nitrogen and oxygen atoms in total. The van der Waals surface area contributed by atoms with Crippen molar-refractivity contribution >= 4 is 12.4 Å². The number of rotatable bonds is 1. The lowest BCUT2D eigenvalue weighted by Gasteiger charge is -2.26. The smallest absolute Gasteiger partial charge is 0.310 e. The standard InChI is InChI=1S/C12H13F4N.ClH/c13-9-5-3-4-8(11(9)12(14,15)16)10-6-1-2-7-17-10;/h3-5,10,17H,1-2,6-7H2;1H/t10-;/m0./s1. The highest BCUT2D eigenvalue weighted by atomic mass is 35.5. The van der Waals surface area contributed by atoms with Crippen molar-refractivity contribution in [3.8, 4) is 0 Å². The molecule has 0 aliphatic carbocycles. The molecule has 1 atom stereocenters. The fraction of sp³-hybridized carbons (Fsp3) is 0.500. The van der Waals surface area contributed by atoms with E-state index in [0.29, 0.717) is 13.0 Å². The fourth-order valence-corrected chi connectivity index (χ4v) is 2.25. The first-order chi connectivity index (χ1) is 8.00. The van der Waals surface area contributed by atoms with Gasteiger partial charge in [-0.3, -0.25) is 0 Å². The molecule has 6 heteroatoms. The Kier molecular flexibility index (Phi) is 4.99. The van der Waals surface area contributed by atoms with E-state index < -0.39 is 23.6 Å². The topological polar surface area (TPSA) is 12.0 Å². The highest BCUT2D eigenvalue weighted by Crippen LogP contribution is 2.38. The first kappa shape index (κ1) is 15.2. The van der Waals surface area contributed by atoms with Gasteiger partial charge < -0.3 is 5.32 Å². The van der Waals surface area contributed by atoms with Crippen LogP contribution >= 0.6 is 12.4 Å². The minimum atomic E-state index is -4.64. The summed E-state index contributed by atoms with van der Waals surface area (Å²) in [5.41, 5.74) is -1.10. The predicted octanol–water partition coefficient (Wildman–Crippen LogP) is 4.08. The minimum absolute atomic E-state index is 0. The van der Waals surface area contributed by atoms with Gasteiger partial charge in [0.15, 0.2) is 0 Å². The Hall–Kier alpha value is -0.810. The maximum absolute atomic E-state index is 13.4. The molecular formula is C12H14ClF4N. The van der Waals surface area contributed by atoms with Crippen molar-refractivity contribution in [1.29, 1.82) is 0 Å². The second-order valence-electron chi connectivity index (χ2n) is 4.20. The monoisotopic (exact) mass is 283 g/mol. The van der Waals surface area contributed by atoms with Gasteiger partial charge in [-0.05, 0) is 31.0 Å². The molecule has 1 aliphatic heterocycles. The van der Waals surface area contributed by atoms with Crippen LogP contribution in [0.3, 0.4) is 0 Å². The summed E-state index contributed by atoms with van der Waals surface area (Å²) in [4.78, 5) is 0. The van der Waals surface area contributed by atoms with Gasteiger partial charge in [0.1, 0.15) is 5.82 Å². The van der Waals surface area contributed by atoms with Gasteiger partial charge in [0, 0.05) is 6.04 Å². The molecule has 1 saturated heterocycles. The van der Waals surface area contributed by atoms with Gasteiger partial charge >= 0.3 is 6.18 Å². The molecule has 0 radical (unpaired) electrons. The van der Waals surface area contributed by atoms with Crippen LogP contribution in [-0.2, 0) is 6.18 Å². The largest absolute Gasteiger partial charge is 0.419 e. The van der Waals surface area contributed by atoms with Crippen LogP contribution in [0.1, 0.15) is 36.4 Å². The van der Waals surface area contributed by atoms with Crippen LogP contribution in [0.4, 0.5) is 17.6 Å². The van der Waals surface area contributed by atoms with E-state index in [9.17, 15) is 17.6 Å². The first-order valence-electron chi connectivity index (χ1n) is 5.59. The van der Waals surface area contributed by atoms with E-state index >= 15 is 0 Å². The van der Waals surface area contributed by atoms with Gasteiger partial charge in [0.2, 0.25) is 0 Å². The quantitative estimate of drug-likeness (QED) is 0.766. The average Bonchev–Trinajstić information content (AvgIpc) is 2.28. The van der Waals surface area contributed by atoms with E-state index in [1.165, 1.54) is 12.1 Å². The van der Waals surface area contributed by atoms with E-state index in [4.69, 9.17) is 0 Å². The molecule has 2 rings (SSSR count). The summed E-state index contributed by atoms with van der Waals surface area (Å²) in [6.07, 6.45) is -2.20. The Labute approximate surface area is 109 Å². The predicted molar refractivity (Wildman–Crippen MR) is 63.2 cm³/mol. The first-order valence-corrected chi connectivity index (χ1v) is 5.59. The van der Waals surface area contributed by atoms with Crippen molar-refractivity contribution in [1.82, 2.24) is 5.32 Å². The Morgan fingerprint density at radius 3 is 2.44 bits per heavy atom. The normalized spacial score (nSPS) is 20.3. The molecule has 0 unspecified atom stereocenters. The van der Waals surface area contributed by atoms with Crippen LogP contribution in [0, 0.1) is 5.82 Å². The average molecular weight is 284 g/mol. The van der Waals surface area contributed by atoms with Gasteiger partial charge in [-0.1, -0.05) is 18.6 Å². The van der Waals surface area contributed by atoms with E-state index in [2.05, 4.69) is 5.32 Å². The molecule has 0 spiro atoms. The van der Waals surface area contributed by atoms with Gasteiger partial charge in [0.25, 0.3) is 0 Å². The van der Waals surface area contributed by atoms with Crippen molar-refractivity contribution in [2.24, 2.45) is 0 Å². The number of hydrogen-bond acceptors (Lipinski definition) is 1. The van der Waals surface area contributed by atoms with Crippen LogP contribution in [0.25, 0.3) is 0 Å². The van der Waals surface area contributed by atoms with Crippen molar-refractivity contribution in [3.05, 3.63) is 35.1 Å².